The van der Waals surface area contributed by atoms with E-state index in [9.17, 15) is 49.9 Å². The number of para-hydroxylation sites is 1. The average molecular weight is 1320 g/mol. The molecule has 404 valence electrons. The fourth-order valence-corrected chi connectivity index (χ4v) is 13.7. The first-order valence-electron chi connectivity index (χ1n) is 22.3. The van der Waals surface area contributed by atoms with Crippen LogP contribution < -0.4 is 29.6 Å². The minimum absolute atomic E-state index is 0. The molecule has 16 nitrogen and oxygen atoms in total. The molecule has 6 aromatic rings. The Balaban J connectivity index is 0.000000330. The van der Waals surface area contributed by atoms with E-state index in [1.807, 2.05) is 6.07 Å². The van der Waals surface area contributed by atoms with Crippen LogP contribution in [0.3, 0.4) is 0 Å². The number of carbonyl (C=O) groups is 3. The third-order valence-electron chi connectivity index (χ3n) is 11.4. The van der Waals surface area contributed by atoms with Crippen molar-refractivity contribution >= 4 is 133 Å². The number of aliphatic hydroxyl groups excluding tert-OH is 1. The quantitative estimate of drug-likeness (QED) is 0.0539. The molecule has 2 aromatic heterocycles. The van der Waals surface area contributed by atoms with Gasteiger partial charge in [-0.05, 0) is 123 Å². The van der Waals surface area contributed by atoms with Crippen molar-refractivity contribution < 1.29 is 95.0 Å². The van der Waals surface area contributed by atoms with E-state index in [-0.39, 0.29) is 92.3 Å². The minimum atomic E-state index is -3.37. The van der Waals surface area contributed by atoms with Gasteiger partial charge in [0.1, 0.15) is 5.75 Å². The van der Waals surface area contributed by atoms with Gasteiger partial charge in [0.2, 0.25) is 29.1 Å². The Bertz CT molecular complexity index is 3400. The largest absolute Gasteiger partial charge is 1.00 e. The monoisotopic (exact) mass is 1310 g/mol. The zero-order valence-electron chi connectivity index (χ0n) is 41.0. The number of aromatic hydroxyl groups is 1. The number of fused-ring (bicyclic) bond motifs is 3. The van der Waals surface area contributed by atoms with Crippen LogP contribution >= 0.6 is 58.5 Å². The van der Waals surface area contributed by atoms with Crippen LogP contribution in [0.4, 0.5) is 0 Å². The van der Waals surface area contributed by atoms with Gasteiger partial charge in [-0.1, -0.05) is 93.0 Å². The third-order valence-corrected chi connectivity index (χ3v) is 19.7. The van der Waals surface area contributed by atoms with Gasteiger partial charge in [-0.2, -0.15) is 0 Å². The second-order valence-corrected chi connectivity index (χ2v) is 26.3. The maximum atomic E-state index is 12.4. The number of nitrogens with zero attached hydrogens (tertiary/aromatic N) is 2. The number of methoxy groups -OCH3 is 2. The Morgan fingerprint density at radius 2 is 1.19 bits per heavy atom. The molecule has 24 heteroatoms. The van der Waals surface area contributed by atoms with Gasteiger partial charge >= 0.3 is 47.5 Å². The molecule has 0 aliphatic heterocycles. The molecule has 0 saturated heterocycles. The number of phenols is 1. The topological polar surface area (TPSA) is 232 Å². The molecule has 3 saturated carbocycles. The van der Waals surface area contributed by atoms with Gasteiger partial charge in [0.25, 0.3) is 0 Å². The molecule has 0 unspecified atom stereocenters. The van der Waals surface area contributed by atoms with E-state index in [0.29, 0.717) is 57.2 Å². The van der Waals surface area contributed by atoms with E-state index < -0.39 is 35.1 Å². The molecule has 0 radical (unpaired) electrons. The standard InChI is InChI=1S/C13H12BrNO4S.C12H12BrNO3S.C11H9BrO2.C10H12O3.C3H5ClO2S.2CH4.Na.H/c1-19-13(16)8-6-11(14)10-4-5-15(12(10)7-8)20(17,18)9-2-3-9;13-11-5-8(7-15)6-12-10(11)3-4-14(12)18(16,17)9-1-2-9;1-14-11(13)8-5-7-3-2-4-9(7)10(12)6-8;1-2-13-10(12)7-8-5-3-4-6-9(8)11;4-7(5,6)3-1-2-3;;;;/h4-7,9H,2-3H2,1H3;3-6,9,15H,1-2,7H2;2,4-6H,3H2,1H3;3-6,11H,2,7H2,1H3;3H,1-2H2;2*1H4;;/q;;;;;;;+1;-1. The molecular weight excluding hydrogens is 1260 g/mol. The Morgan fingerprint density at radius 3 is 1.64 bits per heavy atom. The van der Waals surface area contributed by atoms with E-state index in [4.69, 9.17) is 15.4 Å². The number of ether oxygens (including phenoxy) is 3. The number of aromatic nitrogens is 2. The summed E-state index contributed by atoms with van der Waals surface area (Å²) in [5.74, 6) is -0.968. The van der Waals surface area contributed by atoms with Crippen LogP contribution in [0.2, 0.25) is 0 Å². The van der Waals surface area contributed by atoms with Crippen molar-refractivity contribution in [3.8, 4) is 5.75 Å². The van der Waals surface area contributed by atoms with E-state index >= 15 is 0 Å². The molecule has 0 spiro atoms. The first-order chi connectivity index (χ1) is 34.0. The Kier molecular flexibility index (Phi) is 24.9. The first-order valence-corrected chi connectivity index (χ1v) is 30.0. The first kappa shape index (κ1) is 65.7. The van der Waals surface area contributed by atoms with Crippen LogP contribution in [-0.4, -0.2) is 97.9 Å². The Morgan fingerprint density at radius 1 is 0.707 bits per heavy atom. The van der Waals surface area contributed by atoms with Crippen molar-refractivity contribution in [1.82, 2.24) is 7.94 Å². The van der Waals surface area contributed by atoms with E-state index in [2.05, 4.69) is 69.4 Å². The van der Waals surface area contributed by atoms with Gasteiger partial charge in [-0.15, -0.1) is 0 Å². The fourth-order valence-electron chi connectivity index (χ4n) is 7.17. The second kappa shape index (κ2) is 28.4. The summed E-state index contributed by atoms with van der Waals surface area (Å²) in [4.78, 5) is 34.0. The number of benzene rings is 4. The minimum Gasteiger partial charge on any atom is -1.00 e. The van der Waals surface area contributed by atoms with Gasteiger partial charge in [-0.3, -0.25) is 4.79 Å². The normalized spacial score (nSPS) is 14.2. The average Bonchev–Trinajstić information content (AvgIpc) is 4.28. The molecule has 2 heterocycles. The number of allylic oxidation sites excluding steroid dienone is 1. The predicted octanol–water partition coefficient (Wildman–Crippen LogP) is 8.18. The van der Waals surface area contributed by atoms with Crippen LogP contribution in [0.25, 0.3) is 27.9 Å². The van der Waals surface area contributed by atoms with E-state index in [1.54, 1.807) is 79.9 Å². The van der Waals surface area contributed by atoms with Crippen LogP contribution in [0.5, 0.6) is 5.75 Å². The van der Waals surface area contributed by atoms with Crippen LogP contribution in [0.15, 0.2) is 105 Å². The number of hydrogen-bond acceptors (Lipinski definition) is 14. The number of rotatable bonds is 11. The molecule has 4 aliphatic rings. The number of carbonyl (C=O) groups excluding carboxylic acids is 3. The van der Waals surface area contributed by atoms with Gasteiger partial charge < -0.3 is 25.9 Å². The third kappa shape index (κ3) is 17.0. The molecule has 0 atom stereocenters. The van der Waals surface area contributed by atoms with Crippen LogP contribution in [0, 0.1) is 0 Å². The Hall–Kier alpha value is -3.55. The molecule has 0 amide bonds. The molecule has 4 aliphatic carbocycles. The number of aliphatic hydroxyl groups is 1. The summed E-state index contributed by atoms with van der Waals surface area (Å²) < 4.78 is 88.7. The van der Waals surface area contributed by atoms with Crippen molar-refractivity contribution in [2.24, 2.45) is 0 Å². The molecule has 4 aromatic carbocycles. The maximum absolute atomic E-state index is 12.4. The fraction of sp³-hybridized carbons (Fsp3) is 0.353. The Labute approximate surface area is 491 Å². The zero-order valence-corrected chi connectivity index (χ0v) is 49.9. The maximum Gasteiger partial charge on any atom is 1.00 e. The van der Waals surface area contributed by atoms with Crippen molar-refractivity contribution in [1.29, 1.82) is 0 Å². The number of esters is 3. The second-order valence-electron chi connectivity index (χ2n) is 16.7. The molecule has 75 heavy (non-hydrogen) atoms. The SMILES string of the molecule is C.C.CCOC(=O)Cc1ccccc1O.COC(=O)c1cc(Br)c2c(c1)CC=C2.COC(=O)c1cc(Br)c2ccn(S(=O)(=O)C3CC3)c2c1.O=S(=O)(C1CC1)n1ccc2c(Br)cc(CO)cc21.O=S(=O)(Cl)C1CC1.[H-].[Na+]. The molecule has 0 bridgehead atoms. The van der Waals surface area contributed by atoms with Crippen molar-refractivity contribution in [3.05, 3.63) is 138 Å². The number of halogens is 4. The zero-order chi connectivity index (χ0) is 52.7. The van der Waals surface area contributed by atoms with Crippen LogP contribution in [-0.2, 0) is 67.6 Å². The van der Waals surface area contributed by atoms with Gasteiger partial charge in [0.05, 0.1) is 71.8 Å². The van der Waals surface area contributed by atoms with Gasteiger partial charge in [-0.25, -0.2) is 42.8 Å². The van der Waals surface area contributed by atoms with Gasteiger partial charge in [0, 0.05) is 52.8 Å². The molecule has 2 N–H and O–H groups in total. The summed E-state index contributed by atoms with van der Waals surface area (Å²) in [5, 5.41) is 19.3. The number of hydrogen-bond donors (Lipinski definition) is 2. The van der Waals surface area contributed by atoms with E-state index in [0.717, 1.165) is 57.4 Å². The summed E-state index contributed by atoms with van der Waals surface area (Å²) in [6.45, 7) is 2.01. The number of phenolic OH excluding ortho intramolecular Hbond substituents is 1. The van der Waals surface area contributed by atoms with Gasteiger partial charge in [0.15, 0.2) is 0 Å². The summed E-state index contributed by atoms with van der Waals surface area (Å²) in [7, 11) is -2.22. The summed E-state index contributed by atoms with van der Waals surface area (Å²) >= 11 is 10.2. The van der Waals surface area contributed by atoms with Crippen molar-refractivity contribution in [2.45, 2.75) is 95.5 Å². The summed E-state index contributed by atoms with van der Waals surface area (Å²) in [5.41, 5.74) is 5.66. The predicted molar refractivity (Wildman–Crippen MR) is 300 cm³/mol. The van der Waals surface area contributed by atoms with E-state index in [1.165, 1.54) is 33.9 Å². The van der Waals surface area contributed by atoms with Crippen molar-refractivity contribution in [3.63, 3.8) is 0 Å². The van der Waals surface area contributed by atoms with Crippen LogP contribution in [0.1, 0.15) is 105 Å². The molecular formula is C51H59Br3ClN2NaO14S3. The molecule has 3 fully saturated rings. The summed E-state index contributed by atoms with van der Waals surface area (Å²) in [6, 6.07) is 20.6. The smallest absolute Gasteiger partial charge is 1.00 e. The summed E-state index contributed by atoms with van der Waals surface area (Å²) in [6.07, 6.45) is 12.6. The van der Waals surface area contributed by atoms with Crippen molar-refractivity contribution in [2.75, 3.05) is 20.8 Å². The molecule has 10 rings (SSSR count).